The van der Waals surface area contributed by atoms with Gasteiger partial charge >= 0.3 is 0 Å². The minimum absolute atomic E-state index is 0.0175. The van der Waals surface area contributed by atoms with Gasteiger partial charge in [-0.2, -0.15) is 0 Å². The summed E-state index contributed by atoms with van der Waals surface area (Å²) >= 11 is 1.46. The van der Waals surface area contributed by atoms with Crippen LogP contribution in [0.1, 0.15) is 13.3 Å². The lowest BCUT2D eigenvalue weighted by molar-refractivity contribution is -0.122. The van der Waals surface area contributed by atoms with Gasteiger partial charge in [0.15, 0.2) is 0 Å². The smallest absolute Gasteiger partial charge is 0.241 e. The number of amides is 2. The fraction of sp³-hybridized carbons (Fsp3) is 0.263. The van der Waals surface area contributed by atoms with Crippen molar-refractivity contribution in [2.75, 3.05) is 23.9 Å². The van der Waals surface area contributed by atoms with Crippen LogP contribution < -0.4 is 15.0 Å². The third-order valence-corrected chi connectivity index (χ3v) is 5.28. The molecule has 130 valence electrons. The predicted octanol–water partition coefficient (Wildman–Crippen LogP) is 3.55. The molecule has 1 N–H and O–H groups in total. The van der Waals surface area contributed by atoms with Crippen LogP contribution in [0.25, 0.3) is 0 Å². The van der Waals surface area contributed by atoms with Crippen LogP contribution in [0.2, 0.25) is 0 Å². The Labute approximate surface area is 151 Å². The fourth-order valence-corrected chi connectivity index (χ4v) is 4.01. The van der Waals surface area contributed by atoms with Gasteiger partial charge in [-0.25, -0.2) is 0 Å². The van der Waals surface area contributed by atoms with Crippen molar-refractivity contribution in [3.63, 3.8) is 0 Å². The molecule has 1 unspecified atom stereocenters. The van der Waals surface area contributed by atoms with Crippen molar-refractivity contribution in [2.45, 2.75) is 23.5 Å². The first-order valence-corrected chi connectivity index (χ1v) is 9.01. The van der Waals surface area contributed by atoms with E-state index in [4.69, 9.17) is 4.74 Å². The van der Waals surface area contributed by atoms with Gasteiger partial charge < -0.3 is 15.0 Å². The highest BCUT2D eigenvalue weighted by molar-refractivity contribution is 8.01. The van der Waals surface area contributed by atoms with Crippen molar-refractivity contribution in [1.29, 1.82) is 0 Å². The summed E-state index contributed by atoms with van der Waals surface area (Å²) in [6, 6.07) is 14.9. The highest BCUT2D eigenvalue weighted by Gasteiger charge is 2.33. The first kappa shape index (κ1) is 17.4. The molecule has 2 aromatic carbocycles. The molecule has 5 nitrogen and oxygen atoms in total. The molecule has 0 bridgehead atoms. The lowest BCUT2D eigenvalue weighted by Crippen LogP contribution is -2.42. The Kier molecular flexibility index (Phi) is 5.28. The molecule has 6 heteroatoms. The van der Waals surface area contributed by atoms with E-state index in [1.807, 2.05) is 31.2 Å². The zero-order valence-corrected chi connectivity index (χ0v) is 15.0. The normalized spacial score (nSPS) is 16.3. The van der Waals surface area contributed by atoms with E-state index in [-0.39, 0.29) is 18.2 Å². The van der Waals surface area contributed by atoms with E-state index in [0.29, 0.717) is 12.2 Å². The molecular formula is C19H20N2O3S. The second-order valence-corrected chi connectivity index (χ2v) is 6.88. The molecule has 0 radical (unpaired) electrons. The Bertz CT molecular complexity index is 776. The predicted molar refractivity (Wildman–Crippen MR) is 100 cm³/mol. The maximum absolute atomic E-state index is 12.7. The van der Waals surface area contributed by atoms with Gasteiger partial charge in [-0.15, -0.1) is 11.8 Å². The SMILES string of the molecule is CCN1C(=O)C(CC(=O)Nc2ccc(OC)cc2)Sc2ccccc21. The van der Waals surface area contributed by atoms with Gasteiger partial charge in [0.05, 0.1) is 18.0 Å². The Balaban J connectivity index is 1.69. The lowest BCUT2D eigenvalue weighted by Gasteiger charge is -2.32. The first-order chi connectivity index (χ1) is 12.1. The molecule has 0 aromatic heterocycles. The summed E-state index contributed by atoms with van der Waals surface area (Å²) in [7, 11) is 1.59. The molecule has 0 spiro atoms. The molecule has 25 heavy (non-hydrogen) atoms. The summed E-state index contributed by atoms with van der Waals surface area (Å²) in [5.41, 5.74) is 1.61. The number of hydrogen-bond acceptors (Lipinski definition) is 4. The number of carbonyl (C=O) groups excluding carboxylic acids is 2. The maximum Gasteiger partial charge on any atom is 0.241 e. The van der Waals surface area contributed by atoms with E-state index >= 15 is 0 Å². The lowest BCUT2D eigenvalue weighted by atomic mass is 10.2. The number of rotatable bonds is 5. The third-order valence-electron chi connectivity index (χ3n) is 4.03. The molecule has 0 aliphatic carbocycles. The Morgan fingerprint density at radius 3 is 2.60 bits per heavy atom. The van der Waals surface area contributed by atoms with Gasteiger partial charge in [0.25, 0.3) is 0 Å². The van der Waals surface area contributed by atoms with Crippen molar-refractivity contribution >= 4 is 35.0 Å². The second-order valence-electron chi connectivity index (χ2n) is 5.64. The molecule has 0 fully saturated rings. The molecule has 2 aromatic rings. The molecular weight excluding hydrogens is 336 g/mol. The largest absolute Gasteiger partial charge is 0.497 e. The van der Waals surface area contributed by atoms with E-state index in [9.17, 15) is 9.59 Å². The zero-order chi connectivity index (χ0) is 17.8. The van der Waals surface area contributed by atoms with Crippen molar-refractivity contribution in [1.82, 2.24) is 0 Å². The Morgan fingerprint density at radius 1 is 1.20 bits per heavy atom. The number of anilines is 2. The molecule has 0 saturated heterocycles. The van der Waals surface area contributed by atoms with Crippen LogP contribution in [-0.4, -0.2) is 30.7 Å². The van der Waals surface area contributed by atoms with Crippen LogP contribution in [-0.2, 0) is 9.59 Å². The second kappa shape index (κ2) is 7.61. The van der Waals surface area contributed by atoms with Gasteiger partial charge in [0.2, 0.25) is 11.8 Å². The van der Waals surface area contributed by atoms with Crippen LogP contribution >= 0.6 is 11.8 Å². The number of thioether (sulfide) groups is 1. The number of benzene rings is 2. The van der Waals surface area contributed by atoms with E-state index in [2.05, 4.69) is 5.32 Å². The molecule has 1 aliphatic heterocycles. The first-order valence-electron chi connectivity index (χ1n) is 8.13. The van der Waals surface area contributed by atoms with Gasteiger partial charge in [-0.05, 0) is 43.3 Å². The van der Waals surface area contributed by atoms with Crippen LogP contribution in [0, 0.1) is 0 Å². The van der Waals surface area contributed by atoms with Crippen LogP contribution in [0.3, 0.4) is 0 Å². The van der Waals surface area contributed by atoms with E-state index in [1.54, 1.807) is 36.3 Å². The van der Waals surface area contributed by atoms with E-state index in [0.717, 1.165) is 16.3 Å². The average Bonchev–Trinajstić information content (AvgIpc) is 2.63. The van der Waals surface area contributed by atoms with E-state index < -0.39 is 5.25 Å². The number of nitrogens with one attached hydrogen (secondary N) is 1. The monoisotopic (exact) mass is 356 g/mol. The van der Waals surface area contributed by atoms with Crippen molar-refractivity contribution in [3.8, 4) is 5.75 Å². The van der Waals surface area contributed by atoms with Gasteiger partial charge in [0.1, 0.15) is 5.75 Å². The minimum Gasteiger partial charge on any atom is -0.497 e. The summed E-state index contributed by atoms with van der Waals surface area (Å²) in [5, 5.41) is 2.43. The quantitative estimate of drug-likeness (QED) is 0.890. The topological polar surface area (TPSA) is 58.6 Å². The number of nitrogens with zero attached hydrogens (tertiary/aromatic N) is 1. The Hall–Kier alpha value is -2.47. The summed E-state index contributed by atoms with van der Waals surface area (Å²) in [4.78, 5) is 27.8. The van der Waals surface area contributed by atoms with Crippen molar-refractivity contribution < 1.29 is 14.3 Å². The molecule has 1 atom stereocenters. The van der Waals surface area contributed by atoms with Crippen molar-refractivity contribution in [2.24, 2.45) is 0 Å². The van der Waals surface area contributed by atoms with Crippen LogP contribution in [0.4, 0.5) is 11.4 Å². The van der Waals surface area contributed by atoms with E-state index in [1.165, 1.54) is 11.8 Å². The summed E-state index contributed by atoms with van der Waals surface area (Å²) < 4.78 is 5.10. The molecule has 1 aliphatic rings. The van der Waals surface area contributed by atoms with Crippen molar-refractivity contribution in [3.05, 3.63) is 48.5 Å². The third kappa shape index (κ3) is 3.79. The summed E-state index contributed by atoms with van der Waals surface area (Å²) in [5.74, 6) is 0.536. The molecule has 0 saturated carbocycles. The number of methoxy groups -OCH3 is 1. The summed E-state index contributed by atoms with van der Waals surface area (Å²) in [6.07, 6.45) is 0.139. The Morgan fingerprint density at radius 2 is 1.92 bits per heavy atom. The van der Waals surface area contributed by atoms with Crippen LogP contribution in [0.5, 0.6) is 5.75 Å². The minimum atomic E-state index is -0.409. The maximum atomic E-state index is 12.7. The highest BCUT2D eigenvalue weighted by Crippen LogP contribution is 2.40. The number of ether oxygens (including phenoxy) is 1. The van der Waals surface area contributed by atoms with Gasteiger partial charge in [-0.1, -0.05) is 12.1 Å². The molecule has 3 rings (SSSR count). The number of hydrogen-bond donors (Lipinski definition) is 1. The standard InChI is InChI=1S/C19H20N2O3S/c1-3-21-15-6-4-5-7-16(15)25-17(19(21)23)12-18(22)20-13-8-10-14(24-2)11-9-13/h4-11,17H,3,12H2,1-2H3,(H,20,22). The number of para-hydroxylation sites is 1. The fourth-order valence-electron chi connectivity index (χ4n) is 2.79. The summed E-state index contributed by atoms with van der Waals surface area (Å²) in [6.45, 7) is 2.53. The zero-order valence-electron chi connectivity index (χ0n) is 14.2. The highest BCUT2D eigenvalue weighted by atomic mass is 32.2. The average molecular weight is 356 g/mol. The van der Waals surface area contributed by atoms with Gasteiger partial charge in [0, 0.05) is 23.5 Å². The number of carbonyl (C=O) groups is 2. The molecule has 1 heterocycles. The molecule has 2 amide bonds. The number of fused-ring (bicyclic) bond motifs is 1. The van der Waals surface area contributed by atoms with Crippen LogP contribution in [0.15, 0.2) is 53.4 Å². The van der Waals surface area contributed by atoms with Gasteiger partial charge in [-0.3, -0.25) is 9.59 Å².